The van der Waals surface area contributed by atoms with Crippen LogP contribution in [0.1, 0.15) is 22.0 Å². The molecule has 0 saturated carbocycles. The highest BCUT2D eigenvalue weighted by Crippen LogP contribution is 2.24. The predicted octanol–water partition coefficient (Wildman–Crippen LogP) is 2.77. The number of ether oxygens (including phenoxy) is 3. The molecule has 0 aromatic heterocycles. The van der Waals surface area contributed by atoms with Gasteiger partial charge in [-0.2, -0.15) is 0 Å². The first-order valence-electron chi connectivity index (χ1n) is 6.63. The van der Waals surface area contributed by atoms with Gasteiger partial charge in [-0.1, -0.05) is 36.4 Å². The molecule has 0 fully saturated rings. The van der Waals surface area contributed by atoms with E-state index in [1.165, 1.54) is 20.3 Å². The van der Waals surface area contributed by atoms with Crippen molar-refractivity contribution < 1.29 is 23.8 Å². The second-order valence-corrected chi connectivity index (χ2v) is 4.45. The van der Waals surface area contributed by atoms with E-state index in [-0.39, 0.29) is 0 Å². The molecule has 22 heavy (non-hydrogen) atoms. The van der Waals surface area contributed by atoms with Crippen LogP contribution in [-0.2, 0) is 14.3 Å². The molecule has 2 rings (SSSR count). The lowest BCUT2D eigenvalue weighted by Crippen LogP contribution is -2.20. The first kappa shape index (κ1) is 15.6. The highest BCUT2D eigenvalue weighted by atomic mass is 16.6. The van der Waals surface area contributed by atoms with Gasteiger partial charge in [-0.25, -0.2) is 9.59 Å². The molecule has 2 aromatic carbocycles. The molecule has 0 bridgehead atoms. The number of carbonyl (C=O) groups is 2. The minimum atomic E-state index is -0.904. The molecule has 0 aliphatic carbocycles. The maximum Gasteiger partial charge on any atom is 0.351 e. The van der Waals surface area contributed by atoms with Gasteiger partial charge in [-0.15, -0.1) is 0 Å². The summed E-state index contributed by atoms with van der Waals surface area (Å²) in [7, 11) is 2.60. The smallest absolute Gasteiger partial charge is 0.351 e. The zero-order chi connectivity index (χ0) is 15.9. The fourth-order valence-electron chi connectivity index (χ4n) is 1.94. The molecule has 1 atom stereocenters. The van der Waals surface area contributed by atoms with Crippen molar-refractivity contribution in [2.45, 2.75) is 6.10 Å². The summed E-state index contributed by atoms with van der Waals surface area (Å²) >= 11 is 0. The maximum absolute atomic E-state index is 12.0. The largest absolute Gasteiger partial charge is 0.474 e. The minimum absolute atomic E-state index is 0.344. The number of methoxy groups -OCH3 is 2. The Kier molecular flexibility index (Phi) is 5.14. The van der Waals surface area contributed by atoms with Crippen LogP contribution in [0.15, 0.2) is 54.6 Å². The van der Waals surface area contributed by atoms with Crippen molar-refractivity contribution in [2.24, 2.45) is 0 Å². The summed E-state index contributed by atoms with van der Waals surface area (Å²) in [4.78, 5) is 23.5. The Morgan fingerprint density at radius 1 is 0.909 bits per heavy atom. The Morgan fingerprint density at radius 2 is 1.64 bits per heavy atom. The van der Waals surface area contributed by atoms with Gasteiger partial charge in [0, 0.05) is 5.56 Å². The molecule has 1 unspecified atom stereocenters. The monoisotopic (exact) mass is 300 g/mol. The first-order valence-corrected chi connectivity index (χ1v) is 6.63. The predicted molar refractivity (Wildman–Crippen MR) is 79.6 cm³/mol. The zero-order valence-corrected chi connectivity index (χ0v) is 12.3. The van der Waals surface area contributed by atoms with Crippen LogP contribution < -0.4 is 4.74 Å². The molecule has 2 aromatic rings. The van der Waals surface area contributed by atoms with Crippen LogP contribution in [0, 0.1) is 0 Å². The molecular formula is C17H16O5. The van der Waals surface area contributed by atoms with Crippen LogP contribution in [0.25, 0.3) is 0 Å². The Balaban J connectivity index is 2.28. The molecule has 0 spiro atoms. The molecule has 0 saturated heterocycles. The van der Waals surface area contributed by atoms with E-state index in [4.69, 9.17) is 9.47 Å². The lowest BCUT2D eigenvalue weighted by Gasteiger charge is -2.17. The van der Waals surface area contributed by atoms with Gasteiger partial charge in [0.05, 0.1) is 19.8 Å². The van der Waals surface area contributed by atoms with Crippen LogP contribution >= 0.6 is 0 Å². The van der Waals surface area contributed by atoms with Crippen LogP contribution in [0.3, 0.4) is 0 Å². The van der Waals surface area contributed by atoms with Crippen molar-refractivity contribution in [3.05, 3.63) is 65.7 Å². The molecule has 0 aliphatic rings. The van der Waals surface area contributed by atoms with Crippen LogP contribution in [-0.4, -0.2) is 26.2 Å². The maximum atomic E-state index is 12.0. The van der Waals surface area contributed by atoms with Gasteiger partial charge in [-0.05, 0) is 18.2 Å². The molecule has 0 amide bonds. The number of hydrogen-bond acceptors (Lipinski definition) is 5. The molecular weight excluding hydrogens is 284 g/mol. The highest BCUT2D eigenvalue weighted by molar-refractivity contribution is 5.89. The summed E-state index contributed by atoms with van der Waals surface area (Å²) < 4.78 is 15.2. The second-order valence-electron chi connectivity index (χ2n) is 4.45. The van der Waals surface area contributed by atoms with E-state index < -0.39 is 18.0 Å². The van der Waals surface area contributed by atoms with E-state index in [1.54, 1.807) is 42.5 Å². The van der Waals surface area contributed by atoms with Crippen LogP contribution in [0.5, 0.6) is 5.75 Å². The van der Waals surface area contributed by atoms with E-state index in [0.29, 0.717) is 16.9 Å². The summed E-state index contributed by atoms with van der Waals surface area (Å²) in [6, 6.07) is 15.4. The quantitative estimate of drug-likeness (QED) is 0.795. The molecule has 0 N–H and O–H groups in total. The van der Waals surface area contributed by atoms with Gasteiger partial charge in [0.15, 0.2) is 0 Å². The summed E-state index contributed by atoms with van der Waals surface area (Å²) in [5.74, 6) is -0.614. The number of esters is 2. The normalized spacial score (nSPS) is 11.4. The van der Waals surface area contributed by atoms with Crippen LogP contribution in [0.4, 0.5) is 0 Å². The van der Waals surface area contributed by atoms with Gasteiger partial charge in [0.1, 0.15) is 5.75 Å². The Labute approximate surface area is 128 Å². The Hall–Kier alpha value is -2.82. The molecule has 0 heterocycles. The SMILES string of the molecule is COC(=O)c1cccc(OC(C(=O)OC)c2ccccc2)c1. The van der Waals surface area contributed by atoms with Crippen molar-refractivity contribution in [1.29, 1.82) is 0 Å². The second kappa shape index (κ2) is 7.26. The van der Waals surface area contributed by atoms with Crippen LogP contribution in [0.2, 0.25) is 0 Å². The lowest BCUT2D eigenvalue weighted by molar-refractivity contribution is -0.149. The molecule has 114 valence electrons. The lowest BCUT2D eigenvalue weighted by atomic mass is 10.1. The van der Waals surface area contributed by atoms with Gasteiger partial charge in [0.2, 0.25) is 6.10 Å². The Morgan fingerprint density at radius 3 is 2.27 bits per heavy atom. The van der Waals surface area contributed by atoms with Gasteiger partial charge in [0.25, 0.3) is 0 Å². The van der Waals surface area contributed by atoms with Crippen molar-refractivity contribution in [2.75, 3.05) is 14.2 Å². The van der Waals surface area contributed by atoms with E-state index in [1.807, 2.05) is 6.07 Å². The van der Waals surface area contributed by atoms with E-state index in [2.05, 4.69) is 4.74 Å². The van der Waals surface area contributed by atoms with Crippen molar-refractivity contribution >= 4 is 11.9 Å². The number of carbonyl (C=O) groups excluding carboxylic acids is 2. The van der Waals surface area contributed by atoms with E-state index >= 15 is 0 Å². The van der Waals surface area contributed by atoms with E-state index in [9.17, 15) is 9.59 Å². The van der Waals surface area contributed by atoms with Gasteiger partial charge >= 0.3 is 11.9 Å². The summed E-state index contributed by atoms with van der Waals surface area (Å²) in [6.07, 6.45) is -0.904. The third-order valence-electron chi connectivity index (χ3n) is 3.03. The van der Waals surface area contributed by atoms with Crippen molar-refractivity contribution in [1.82, 2.24) is 0 Å². The fraction of sp³-hybridized carbons (Fsp3) is 0.176. The highest BCUT2D eigenvalue weighted by Gasteiger charge is 2.23. The van der Waals surface area contributed by atoms with Gasteiger partial charge < -0.3 is 14.2 Å². The Bertz CT molecular complexity index is 651. The third kappa shape index (κ3) is 3.63. The molecule has 5 nitrogen and oxygen atoms in total. The van der Waals surface area contributed by atoms with E-state index in [0.717, 1.165) is 0 Å². The average Bonchev–Trinajstić information content (AvgIpc) is 2.59. The summed E-state index contributed by atoms with van der Waals surface area (Å²) in [6.45, 7) is 0. The van der Waals surface area contributed by atoms with Crippen molar-refractivity contribution in [3.8, 4) is 5.75 Å². The number of hydrogen-bond donors (Lipinski definition) is 0. The molecule has 5 heteroatoms. The first-order chi connectivity index (χ1) is 10.7. The average molecular weight is 300 g/mol. The summed E-state index contributed by atoms with van der Waals surface area (Å²) in [5.41, 5.74) is 1.01. The van der Waals surface area contributed by atoms with Gasteiger partial charge in [-0.3, -0.25) is 0 Å². The number of rotatable bonds is 5. The topological polar surface area (TPSA) is 61.8 Å². The molecule has 0 aliphatic heterocycles. The van der Waals surface area contributed by atoms with Crippen molar-refractivity contribution in [3.63, 3.8) is 0 Å². The number of benzene rings is 2. The standard InChI is InChI=1S/C17H16O5/c1-20-16(18)13-9-6-10-14(11-13)22-15(17(19)21-2)12-7-4-3-5-8-12/h3-11,15H,1-2H3. The fourth-order valence-corrected chi connectivity index (χ4v) is 1.94. The third-order valence-corrected chi connectivity index (χ3v) is 3.03. The zero-order valence-electron chi connectivity index (χ0n) is 12.3. The summed E-state index contributed by atoms with van der Waals surface area (Å²) in [5, 5.41) is 0. The molecule has 0 radical (unpaired) electrons. The minimum Gasteiger partial charge on any atom is -0.474 e.